The van der Waals surface area contributed by atoms with Crippen LogP contribution in [0.25, 0.3) is 0 Å². The summed E-state index contributed by atoms with van der Waals surface area (Å²) in [7, 11) is 0. The largest absolute Gasteiger partial charge is 0.354 e. The van der Waals surface area contributed by atoms with E-state index in [-0.39, 0.29) is 30.3 Å². The van der Waals surface area contributed by atoms with Gasteiger partial charge in [-0.25, -0.2) is 9.18 Å². The van der Waals surface area contributed by atoms with Crippen molar-refractivity contribution in [3.05, 3.63) is 35.6 Å². The lowest BCUT2D eigenvalue weighted by molar-refractivity contribution is -0.120. The molecule has 0 aliphatic heterocycles. The van der Waals surface area contributed by atoms with Crippen LogP contribution in [-0.4, -0.2) is 31.1 Å². The van der Waals surface area contributed by atoms with E-state index in [9.17, 15) is 14.0 Å². The Labute approximate surface area is 142 Å². The van der Waals surface area contributed by atoms with Crippen LogP contribution < -0.4 is 16.0 Å². The van der Waals surface area contributed by atoms with Crippen molar-refractivity contribution >= 4 is 11.9 Å². The topological polar surface area (TPSA) is 70.2 Å². The summed E-state index contributed by atoms with van der Waals surface area (Å²) in [6.07, 6.45) is 5.11. The Morgan fingerprint density at radius 3 is 2.54 bits per heavy atom. The highest BCUT2D eigenvalue weighted by Gasteiger charge is 2.22. The molecule has 3 N–H and O–H groups in total. The maximum Gasteiger partial charge on any atom is 0.315 e. The predicted octanol–water partition coefficient (Wildman–Crippen LogP) is 2.36. The standard InChI is InChI=1S/C18H26FN3O2/c1-13-4-2-3-5-16(13)22-18(24)21-12-17(23)20-11-10-14-6-8-15(19)9-7-14/h6-9,13,16H,2-5,10-12H2,1H3,(H,20,23)(H2,21,22,24)/t13-,16-/m0/s1. The summed E-state index contributed by atoms with van der Waals surface area (Å²) >= 11 is 0. The number of hydrogen-bond donors (Lipinski definition) is 3. The molecule has 24 heavy (non-hydrogen) atoms. The van der Waals surface area contributed by atoms with Crippen LogP contribution in [0.15, 0.2) is 24.3 Å². The summed E-state index contributed by atoms with van der Waals surface area (Å²) in [5.74, 6) is -0.0247. The maximum absolute atomic E-state index is 12.8. The van der Waals surface area contributed by atoms with Crippen molar-refractivity contribution in [2.45, 2.75) is 45.1 Å². The maximum atomic E-state index is 12.8. The van der Waals surface area contributed by atoms with Crippen molar-refractivity contribution in [1.82, 2.24) is 16.0 Å². The van der Waals surface area contributed by atoms with Crippen LogP contribution in [0.2, 0.25) is 0 Å². The van der Waals surface area contributed by atoms with Gasteiger partial charge in [-0.05, 0) is 42.9 Å². The van der Waals surface area contributed by atoms with Crippen molar-refractivity contribution in [3.63, 3.8) is 0 Å². The van der Waals surface area contributed by atoms with Crippen LogP contribution in [0.4, 0.5) is 9.18 Å². The van der Waals surface area contributed by atoms with Crippen molar-refractivity contribution < 1.29 is 14.0 Å². The van der Waals surface area contributed by atoms with Crippen molar-refractivity contribution in [3.8, 4) is 0 Å². The molecule has 0 heterocycles. The third-order valence-corrected chi connectivity index (χ3v) is 4.49. The Balaban J connectivity index is 1.60. The number of amides is 3. The quantitative estimate of drug-likeness (QED) is 0.747. The third kappa shape index (κ3) is 6.18. The number of rotatable bonds is 6. The first kappa shape index (κ1) is 18.2. The van der Waals surface area contributed by atoms with Gasteiger partial charge in [0.2, 0.25) is 5.91 Å². The van der Waals surface area contributed by atoms with E-state index in [1.165, 1.54) is 18.6 Å². The molecule has 1 aliphatic carbocycles. The van der Waals surface area contributed by atoms with Crippen LogP contribution in [0.1, 0.15) is 38.2 Å². The molecule has 1 saturated carbocycles. The highest BCUT2D eigenvalue weighted by molar-refractivity contribution is 5.83. The van der Waals surface area contributed by atoms with Crippen LogP contribution in [0, 0.1) is 11.7 Å². The molecule has 0 aromatic heterocycles. The van der Waals surface area contributed by atoms with Crippen LogP contribution in [0.3, 0.4) is 0 Å². The van der Waals surface area contributed by atoms with E-state index < -0.39 is 0 Å². The van der Waals surface area contributed by atoms with E-state index in [1.54, 1.807) is 12.1 Å². The van der Waals surface area contributed by atoms with Crippen molar-refractivity contribution in [2.24, 2.45) is 5.92 Å². The normalized spacial score (nSPS) is 20.2. The smallest absolute Gasteiger partial charge is 0.315 e. The Hall–Kier alpha value is -2.11. The SMILES string of the molecule is C[C@H]1CCCC[C@@H]1NC(=O)NCC(=O)NCCc1ccc(F)cc1. The van der Waals surface area contributed by atoms with Crippen molar-refractivity contribution in [1.29, 1.82) is 0 Å². The van der Waals surface area contributed by atoms with Crippen LogP contribution in [0.5, 0.6) is 0 Å². The first-order valence-corrected chi connectivity index (χ1v) is 8.60. The van der Waals surface area contributed by atoms with Gasteiger partial charge in [0.05, 0.1) is 6.54 Å². The lowest BCUT2D eigenvalue weighted by Gasteiger charge is -2.29. The number of nitrogens with one attached hydrogen (secondary N) is 3. The van der Waals surface area contributed by atoms with Gasteiger partial charge >= 0.3 is 6.03 Å². The van der Waals surface area contributed by atoms with E-state index in [2.05, 4.69) is 22.9 Å². The second kappa shape index (κ2) is 9.25. The number of urea groups is 1. The Morgan fingerprint density at radius 2 is 1.83 bits per heavy atom. The minimum Gasteiger partial charge on any atom is -0.354 e. The zero-order valence-electron chi connectivity index (χ0n) is 14.1. The summed E-state index contributed by atoms with van der Waals surface area (Å²) in [6, 6.07) is 6.09. The van der Waals surface area contributed by atoms with Gasteiger partial charge in [0.15, 0.2) is 0 Å². The number of halogens is 1. The van der Waals surface area contributed by atoms with Gasteiger partial charge in [-0.15, -0.1) is 0 Å². The summed E-state index contributed by atoms with van der Waals surface area (Å²) in [6.45, 7) is 2.55. The van der Waals surface area contributed by atoms with Gasteiger partial charge < -0.3 is 16.0 Å². The Morgan fingerprint density at radius 1 is 1.12 bits per heavy atom. The first-order valence-electron chi connectivity index (χ1n) is 8.60. The molecule has 0 bridgehead atoms. The van der Waals surface area contributed by atoms with Gasteiger partial charge in [0.1, 0.15) is 5.82 Å². The van der Waals surface area contributed by atoms with Gasteiger partial charge in [-0.1, -0.05) is 31.9 Å². The minimum atomic E-state index is -0.289. The minimum absolute atomic E-state index is 0.0453. The monoisotopic (exact) mass is 335 g/mol. The number of carbonyl (C=O) groups excluding carboxylic acids is 2. The zero-order chi connectivity index (χ0) is 17.4. The molecule has 2 atom stereocenters. The second-order valence-corrected chi connectivity index (χ2v) is 6.42. The molecular formula is C18H26FN3O2. The lowest BCUT2D eigenvalue weighted by atomic mass is 9.86. The van der Waals surface area contributed by atoms with Gasteiger partial charge in [-0.3, -0.25) is 4.79 Å². The van der Waals surface area contributed by atoms with Gasteiger partial charge in [0, 0.05) is 12.6 Å². The fraction of sp³-hybridized carbons (Fsp3) is 0.556. The van der Waals surface area contributed by atoms with Gasteiger partial charge in [-0.2, -0.15) is 0 Å². The molecule has 3 amide bonds. The molecule has 1 aromatic rings. The molecule has 0 unspecified atom stereocenters. The highest BCUT2D eigenvalue weighted by Crippen LogP contribution is 2.23. The molecule has 1 aromatic carbocycles. The number of benzene rings is 1. The van der Waals surface area contributed by atoms with E-state index in [1.807, 2.05) is 0 Å². The summed E-state index contributed by atoms with van der Waals surface area (Å²) in [5.41, 5.74) is 0.952. The lowest BCUT2D eigenvalue weighted by Crippen LogP contribution is -2.48. The molecule has 0 saturated heterocycles. The fourth-order valence-electron chi connectivity index (χ4n) is 2.97. The average Bonchev–Trinajstić information content (AvgIpc) is 2.57. The molecule has 0 spiro atoms. The van der Waals surface area contributed by atoms with Crippen LogP contribution in [-0.2, 0) is 11.2 Å². The molecular weight excluding hydrogens is 309 g/mol. The van der Waals surface area contributed by atoms with Crippen molar-refractivity contribution in [2.75, 3.05) is 13.1 Å². The second-order valence-electron chi connectivity index (χ2n) is 6.42. The predicted molar refractivity (Wildman–Crippen MR) is 91.1 cm³/mol. The highest BCUT2D eigenvalue weighted by atomic mass is 19.1. The van der Waals surface area contributed by atoms with E-state index >= 15 is 0 Å². The number of hydrogen-bond acceptors (Lipinski definition) is 2. The fourth-order valence-corrected chi connectivity index (χ4v) is 2.97. The average molecular weight is 335 g/mol. The molecule has 5 nitrogen and oxygen atoms in total. The molecule has 2 rings (SSSR count). The first-order chi connectivity index (χ1) is 11.5. The Kier molecular flexibility index (Phi) is 7.03. The van der Waals surface area contributed by atoms with Crippen LogP contribution >= 0.6 is 0 Å². The van der Waals surface area contributed by atoms with E-state index in [4.69, 9.17) is 0 Å². The zero-order valence-corrected chi connectivity index (χ0v) is 14.1. The Bertz CT molecular complexity index is 548. The summed E-state index contributed by atoms with van der Waals surface area (Å²) < 4.78 is 12.8. The summed E-state index contributed by atoms with van der Waals surface area (Å²) in [5, 5.41) is 8.28. The molecule has 1 fully saturated rings. The molecule has 132 valence electrons. The van der Waals surface area contributed by atoms with E-state index in [0.717, 1.165) is 24.8 Å². The molecule has 0 radical (unpaired) electrons. The third-order valence-electron chi connectivity index (χ3n) is 4.49. The molecule has 6 heteroatoms. The van der Waals surface area contributed by atoms with E-state index in [0.29, 0.717) is 18.9 Å². The molecule has 1 aliphatic rings. The summed E-state index contributed by atoms with van der Waals surface area (Å²) in [4.78, 5) is 23.6. The number of carbonyl (C=O) groups is 2. The van der Waals surface area contributed by atoms with Gasteiger partial charge in [0.25, 0.3) is 0 Å².